The van der Waals surface area contributed by atoms with Gasteiger partial charge >= 0.3 is 11.9 Å². The minimum absolute atomic E-state index is 0.147. The van der Waals surface area contributed by atoms with Crippen LogP contribution in [0, 0.1) is 5.92 Å². The van der Waals surface area contributed by atoms with Crippen molar-refractivity contribution in [1.29, 1.82) is 0 Å². The van der Waals surface area contributed by atoms with Crippen molar-refractivity contribution in [2.24, 2.45) is 5.92 Å². The van der Waals surface area contributed by atoms with Crippen molar-refractivity contribution >= 4 is 11.9 Å². The molecule has 3 fully saturated rings. The Kier molecular flexibility index (Phi) is 3.63. The summed E-state index contributed by atoms with van der Waals surface area (Å²) in [6.07, 6.45) is 2.23. The van der Waals surface area contributed by atoms with E-state index < -0.39 is 6.10 Å². The van der Waals surface area contributed by atoms with Crippen LogP contribution in [0.3, 0.4) is 0 Å². The molecule has 2 heterocycles. The Morgan fingerprint density at radius 3 is 2.82 bits per heavy atom. The molecular weight excluding hydrogens is 284 g/mol. The van der Waals surface area contributed by atoms with E-state index in [-0.39, 0.29) is 35.7 Å². The Hall–Kier alpha value is -1.62. The molecule has 0 aromatic rings. The van der Waals surface area contributed by atoms with Crippen LogP contribution in [0.4, 0.5) is 0 Å². The summed E-state index contributed by atoms with van der Waals surface area (Å²) in [5, 5.41) is 0. The summed E-state index contributed by atoms with van der Waals surface area (Å²) in [6, 6.07) is 0. The molecule has 0 N–H and O–H groups in total. The van der Waals surface area contributed by atoms with E-state index in [1.807, 2.05) is 0 Å². The van der Waals surface area contributed by atoms with E-state index in [1.165, 1.54) is 6.92 Å². The summed E-state index contributed by atoms with van der Waals surface area (Å²) >= 11 is 0. The summed E-state index contributed by atoms with van der Waals surface area (Å²) in [6.45, 7) is 11.4. The summed E-state index contributed by atoms with van der Waals surface area (Å²) in [5.74, 6) is -0.862. The SMILES string of the molecule is C=C1CC[C@H]2O[C@@]2(C)C[C@@H]2OC(=O)C(=C)[C@H]2C[C@@H]1OC(C)=O. The first-order chi connectivity index (χ1) is 10.3. The van der Waals surface area contributed by atoms with Crippen molar-refractivity contribution in [2.45, 2.75) is 63.4 Å². The normalized spacial score (nSPS) is 41.3. The first-order valence-electron chi connectivity index (χ1n) is 7.72. The van der Waals surface area contributed by atoms with Gasteiger partial charge in [-0.2, -0.15) is 0 Å². The summed E-state index contributed by atoms with van der Waals surface area (Å²) in [4.78, 5) is 23.2. The van der Waals surface area contributed by atoms with Gasteiger partial charge in [0.25, 0.3) is 0 Å². The quantitative estimate of drug-likeness (QED) is 0.322. The van der Waals surface area contributed by atoms with Gasteiger partial charge in [0, 0.05) is 24.8 Å². The number of hydrogen-bond donors (Lipinski definition) is 0. The lowest BCUT2D eigenvalue weighted by Gasteiger charge is -2.27. The van der Waals surface area contributed by atoms with Crippen LogP contribution in [-0.2, 0) is 23.8 Å². The molecule has 0 aromatic heterocycles. The highest BCUT2D eigenvalue weighted by Gasteiger charge is 2.56. The number of esters is 2. The molecule has 0 aromatic carbocycles. The van der Waals surface area contributed by atoms with Gasteiger partial charge in [-0.05, 0) is 31.8 Å². The Bertz CT molecular complexity index is 551. The predicted molar refractivity (Wildman–Crippen MR) is 79.0 cm³/mol. The largest absolute Gasteiger partial charge is 0.458 e. The van der Waals surface area contributed by atoms with Crippen molar-refractivity contribution in [3.8, 4) is 0 Å². The third-order valence-corrected chi connectivity index (χ3v) is 5.02. The van der Waals surface area contributed by atoms with E-state index >= 15 is 0 Å². The number of ether oxygens (including phenoxy) is 3. The third-order valence-electron chi connectivity index (χ3n) is 5.02. The van der Waals surface area contributed by atoms with E-state index in [1.54, 1.807) is 0 Å². The van der Waals surface area contributed by atoms with Crippen LogP contribution in [0.15, 0.2) is 24.3 Å². The van der Waals surface area contributed by atoms with Gasteiger partial charge in [-0.1, -0.05) is 13.2 Å². The van der Waals surface area contributed by atoms with E-state index in [0.29, 0.717) is 18.4 Å². The van der Waals surface area contributed by atoms with Crippen molar-refractivity contribution in [1.82, 2.24) is 0 Å². The molecule has 5 atom stereocenters. The molecule has 1 saturated carbocycles. The van der Waals surface area contributed by atoms with Gasteiger partial charge in [0.1, 0.15) is 12.2 Å². The first kappa shape index (κ1) is 15.3. The van der Waals surface area contributed by atoms with Crippen LogP contribution in [0.5, 0.6) is 0 Å². The van der Waals surface area contributed by atoms with Gasteiger partial charge in [-0.15, -0.1) is 0 Å². The Morgan fingerprint density at radius 1 is 1.41 bits per heavy atom. The Balaban J connectivity index is 1.86. The fraction of sp³-hybridized carbons (Fsp3) is 0.647. The smallest absolute Gasteiger partial charge is 0.334 e. The number of epoxide rings is 1. The summed E-state index contributed by atoms with van der Waals surface area (Å²) < 4.78 is 16.7. The molecule has 5 heteroatoms. The molecule has 120 valence electrons. The van der Waals surface area contributed by atoms with Gasteiger partial charge in [-0.3, -0.25) is 4.79 Å². The van der Waals surface area contributed by atoms with Gasteiger partial charge in [-0.25, -0.2) is 4.79 Å². The maximum atomic E-state index is 11.9. The highest BCUT2D eigenvalue weighted by Crippen LogP contribution is 2.48. The molecular formula is C17H22O5. The van der Waals surface area contributed by atoms with Crippen LogP contribution in [0.25, 0.3) is 0 Å². The molecule has 2 aliphatic heterocycles. The Labute approximate surface area is 130 Å². The number of rotatable bonds is 1. The van der Waals surface area contributed by atoms with Crippen molar-refractivity contribution < 1.29 is 23.8 Å². The average molecular weight is 306 g/mol. The van der Waals surface area contributed by atoms with Crippen LogP contribution in [0.2, 0.25) is 0 Å². The second-order valence-electron chi connectivity index (χ2n) is 6.73. The second-order valence-corrected chi connectivity index (χ2v) is 6.73. The zero-order valence-electron chi connectivity index (χ0n) is 13.1. The van der Waals surface area contributed by atoms with Gasteiger partial charge in [0.2, 0.25) is 0 Å². The minimum Gasteiger partial charge on any atom is -0.458 e. The molecule has 0 unspecified atom stereocenters. The third kappa shape index (κ3) is 2.70. The topological polar surface area (TPSA) is 65.1 Å². The standard InChI is InChI=1S/C17H22O5/c1-9-5-6-15-17(4,22-15)8-14-12(10(2)16(19)21-14)7-13(9)20-11(3)18/h12-15H,1-2,5-8H2,3-4H3/t12-,13+,14+,15-,17+/m1/s1. The first-order valence-corrected chi connectivity index (χ1v) is 7.72. The molecule has 5 nitrogen and oxygen atoms in total. The van der Waals surface area contributed by atoms with Crippen LogP contribution in [-0.4, -0.2) is 35.9 Å². The lowest BCUT2D eigenvalue weighted by atomic mass is 9.81. The maximum Gasteiger partial charge on any atom is 0.334 e. The van der Waals surface area contributed by atoms with Crippen LogP contribution < -0.4 is 0 Å². The second kappa shape index (κ2) is 5.23. The molecule has 3 aliphatic rings. The monoisotopic (exact) mass is 306 g/mol. The maximum absolute atomic E-state index is 11.9. The highest BCUT2D eigenvalue weighted by atomic mass is 16.6. The van der Waals surface area contributed by atoms with E-state index in [2.05, 4.69) is 20.1 Å². The molecule has 2 saturated heterocycles. The number of hydrogen-bond acceptors (Lipinski definition) is 5. The van der Waals surface area contributed by atoms with E-state index in [4.69, 9.17) is 14.2 Å². The summed E-state index contributed by atoms with van der Waals surface area (Å²) in [7, 11) is 0. The zero-order valence-corrected chi connectivity index (χ0v) is 13.1. The van der Waals surface area contributed by atoms with Gasteiger partial charge in [0.05, 0.1) is 11.7 Å². The number of carbonyl (C=O) groups excluding carboxylic acids is 2. The predicted octanol–water partition coefficient (Wildman–Crippen LogP) is 2.30. The molecule has 0 spiro atoms. The highest BCUT2D eigenvalue weighted by molar-refractivity contribution is 5.90. The molecule has 0 bridgehead atoms. The fourth-order valence-corrected chi connectivity index (χ4v) is 3.59. The zero-order chi connectivity index (χ0) is 16.1. The van der Waals surface area contributed by atoms with Crippen molar-refractivity contribution in [2.75, 3.05) is 0 Å². The van der Waals surface area contributed by atoms with E-state index in [9.17, 15) is 9.59 Å². The van der Waals surface area contributed by atoms with Crippen molar-refractivity contribution in [3.05, 3.63) is 24.3 Å². The molecule has 0 amide bonds. The van der Waals surface area contributed by atoms with Crippen LogP contribution >= 0.6 is 0 Å². The molecule has 22 heavy (non-hydrogen) atoms. The average Bonchev–Trinajstić information content (AvgIpc) is 3.00. The molecule has 0 radical (unpaired) electrons. The Morgan fingerprint density at radius 2 is 2.14 bits per heavy atom. The molecule has 3 rings (SSSR count). The van der Waals surface area contributed by atoms with Crippen LogP contribution in [0.1, 0.15) is 39.5 Å². The lowest BCUT2D eigenvalue weighted by molar-refractivity contribution is -0.146. The number of fused-ring (bicyclic) bond motifs is 2. The fourth-order valence-electron chi connectivity index (χ4n) is 3.59. The number of carbonyl (C=O) groups is 2. The van der Waals surface area contributed by atoms with Crippen molar-refractivity contribution in [3.63, 3.8) is 0 Å². The van der Waals surface area contributed by atoms with Gasteiger partial charge in [0.15, 0.2) is 0 Å². The molecule has 1 aliphatic carbocycles. The summed E-state index contributed by atoms with van der Waals surface area (Å²) in [5.41, 5.74) is 1.08. The lowest BCUT2D eigenvalue weighted by Crippen LogP contribution is -2.31. The minimum atomic E-state index is -0.403. The van der Waals surface area contributed by atoms with E-state index in [0.717, 1.165) is 18.4 Å². The van der Waals surface area contributed by atoms with Gasteiger partial charge < -0.3 is 14.2 Å².